The summed E-state index contributed by atoms with van der Waals surface area (Å²) in [7, 11) is 2.79. The van der Waals surface area contributed by atoms with Gasteiger partial charge in [0.2, 0.25) is 5.91 Å². The Morgan fingerprint density at radius 2 is 1.62 bits per heavy atom. The number of rotatable bonds is 19. The Balaban J connectivity index is 1.60. The lowest BCUT2D eigenvalue weighted by Gasteiger charge is -2.35. The Morgan fingerprint density at radius 3 is 2.25 bits per heavy atom. The van der Waals surface area contributed by atoms with Gasteiger partial charge in [0, 0.05) is 38.4 Å². The number of benzene rings is 2. The summed E-state index contributed by atoms with van der Waals surface area (Å²) in [6.07, 6.45) is -0.370. The molecule has 2 aromatic carbocycles. The van der Waals surface area contributed by atoms with Gasteiger partial charge in [-0.2, -0.15) is 0 Å². The minimum absolute atomic E-state index is 0.0122. The summed E-state index contributed by atoms with van der Waals surface area (Å²) >= 11 is 0. The molecule has 2 heterocycles. The second kappa shape index (κ2) is 21.2. The molecule has 5 unspecified atom stereocenters. The number of carbonyl (C=O) groups excluding carboxylic acids is 4. The van der Waals surface area contributed by atoms with E-state index in [0.717, 1.165) is 33.8 Å². The molecule has 0 saturated carbocycles. The molecular weight excluding hydrogens is 715 g/mol. The molecule has 1 fully saturated rings. The van der Waals surface area contributed by atoms with Gasteiger partial charge < -0.3 is 29.7 Å². The molecule has 1 aliphatic heterocycles. The molecule has 304 valence electrons. The first-order valence-corrected chi connectivity index (χ1v) is 19.4. The van der Waals surface area contributed by atoms with E-state index in [0.29, 0.717) is 31.8 Å². The van der Waals surface area contributed by atoms with Crippen LogP contribution >= 0.6 is 0 Å². The monoisotopic (exact) mass is 773 g/mol. The van der Waals surface area contributed by atoms with Gasteiger partial charge >= 0.3 is 18.2 Å². The number of aromatic nitrogens is 1. The van der Waals surface area contributed by atoms with E-state index in [1.807, 2.05) is 95.3 Å². The first-order chi connectivity index (χ1) is 26.9. The van der Waals surface area contributed by atoms with Gasteiger partial charge in [-0.3, -0.25) is 15.2 Å². The third kappa shape index (κ3) is 12.1. The molecule has 0 spiro atoms. The van der Waals surface area contributed by atoms with E-state index in [1.165, 1.54) is 12.1 Å². The lowest BCUT2D eigenvalue weighted by molar-refractivity contribution is -0.128. The van der Waals surface area contributed by atoms with Crippen molar-refractivity contribution in [2.75, 3.05) is 40.4 Å². The van der Waals surface area contributed by atoms with Gasteiger partial charge in [0.05, 0.1) is 38.6 Å². The summed E-state index contributed by atoms with van der Waals surface area (Å²) in [5.41, 5.74) is 6.13. The number of imide groups is 1. The van der Waals surface area contributed by atoms with Crippen LogP contribution in [-0.2, 0) is 29.0 Å². The standard InChI is InChI=1S/C42H59N7O7/c1-8-29(3)25-49(42(54)56-7)40(52)45-47(26-33-18-20-35(55-6)21-19-33)28-37(50)36(24-32-15-11-10-12-16-32)44-39(51)38(30(4)9-2)48-23-22-46(41(48)53)27-34-17-13-14-31(5)43-34/h10-21,29-30,36-38,50H,8-9,22-28H2,1-7H3,(H,44,51)(H,45,52). The topological polar surface area (TPSA) is 157 Å². The quantitative estimate of drug-likeness (QED) is 0.136. The van der Waals surface area contributed by atoms with E-state index in [-0.39, 0.29) is 49.8 Å². The molecule has 1 aromatic heterocycles. The summed E-state index contributed by atoms with van der Waals surface area (Å²) in [5.74, 6) is 0.103. The highest BCUT2D eigenvalue weighted by Crippen LogP contribution is 2.23. The number of amides is 6. The number of nitrogens with zero attached hydrogens (tertiary/aromatic N) is 5. The normalized spacial score (nSPS) is 15.5. The van der Waals surface area contributed by atoms with E-state index >= 15 is 0 Å². The van der Waals surface area contributed by atoms with Crippen molar-refractivity contribution < 1.29 is 33.8 Å². The molecule has 0 bridgehead atoms. The van der Waals surface area contributed by atoms with Crippen molar-refractivity contribution in [3.63, 3.8) is 0 Å². The average molecular weight is 774 g/mol. The van der Waals surface area contributed by atoms with Crippen LogP contribution in [0.3, 0.4) is 0 Å². The van der Waals surface area contributed by atoms with Crippen LogP contribution in [0.5, 0.6) is 5.75 Å². The third-order valence-corrected chi connectivity index (χ3v) is 10.3. The van der Waals surface area contributed by atoms with E-state index in [2.05, 4.69) is 15.7 Å². The maximum absolute atomic E-state index is 14.4. The Kier molecular flexibility index (Phi) is 16.5. The van der Waals surface area contributed by atoms with E-state index in [4.69, 9.17) is 9.47 Å². The minimum atomic E-state index is -1.21. The summed E-state index contributed by atoms with van der Waals surface area (Å²) in [6.45, 7) is 11.0. The lowest BCUT2D eigenvalue weighted by atomic mass is 9.95. The highest BCUT2D eigenvalue weighted by atomic mass is 16.5. The third-order valence-electron chi connectivity index (χ3n) is 10.3. The summed E-state index contributed by atoms with van der Waals surface area (Å²) in [5, 5.41) is 16.7. The number of methoxy groups -OCH3 is 2. The number of carbonyl (C=O) groups is 4. The van der Waals surface area contributed by atoms with Crippen molar-refractivity contribution in [2.24, 2.45) is 11.8 Å². The van der Waals surface area contributed by atoms with Gasteiger partial charge in [-0.05, 0) is 60.6 Å². The Hall–Kier alpha value is -5.21. The number of hydrogen-bond donors (Lipinski definition) is 3. The number of aliphatic hydroxyl groups is 1. The zero-order chi connectivity index (χ0) is 40.8. The molecule has 1 aliphatic rings. The summed E-state index contributed by atoms with van der Waals surface area (Å²) < 4.78 is 10.3. The van der Waals surface area contributed by atoms with E-state index in [1.54, 1.807) is 29.0 Å². The molecule has 4 rings (SSSR count). The average Bonchev–Trinajstić information content (AvgIpc) is 3.54. The second-order valence-corrected chi connectivity index (χ2v) is 14.6. The zero-order valence-electron chi connectivity index (χ0n) is 33.8. The number of aryl methyl sites for hydroxylation is 1. The molecule has 0 aliphatic carbocycles. The maximum atomic E-state index is 14.4. The fourth-order valence-corrected chi connectivity index (χ4v) is 6.68. The second-order valence-electron chi connectivity index (χ2n) is 14.6. The van der Waals surface area contributed by atoms with Gasteiger partial charge in [-0.1, -0.05) is 89.1 Å². The Bertz CT molecular complexity index is 1730. The van der Waals surface area contributed by atoms with Crippen LogP contribution in [0.2, 0.25) is 0 Å². The van der Waals surface area contributed by atoms with Gasteiger partial charge in [0.1, 0.15) is 11.8 Å². The summed E-state index contributed by atoms with van der Waals surface area (Å²) in [6, 6.07) is 19.9. The molecule has 3 aromatic rings. The van der Waals surface area contributed by atoms with Gasteiger partial charge in [-0.15, -0.1) is 0 Å². The number of aliphatic hydroxyl groups excluding tert-OH is 1. The van der Waals surface area contributed by atoms with E-state index in [9.17, 15) is 24.3 Å². The van der Waals surface area contributed by atoms with Crippen molar-refractivity contribution in [3.8, 4) is 5.75 Å². The van der Waals surface area contributed by atoms with Crippen LogP contribution < -0.4 is 15.5 Å². The van der Waals surface area contributed by atoms with Crippen molar-refractivity contribution in [3.05, 3.63) is 95.3 Å². The van der Waals surface area contributed by atoms with Crippen molar-refractivity contribution >= 4 is 24.1 Å². The molecule has 56 heavy (non-hydrogen) atoms. The minimum Gasteiger partial charge on any atom is -0.497 e. The molecule has 14 heteroatoms. The predicted molar refractivity (Wildman–Crippen MR) is 213 cm³/mol. The SMILES string of the molecule is CCC(C)CN(C(=O)NN(Cc1ccc(OC)cc1)CC(O)C(Cc1ccccc1)NC(=O)C(C(C)CC)N1CCN(Cc2cccc(C)n2)C1=O)C(=O)OC. The Morgan fingerprint density at radius 1 is 0.911 bits per heavy atom. The van der Waals surface area contributed by atoms with Gasteiger partial charge in [0.25, 0.3) is 0 Å². The van der Waals surface area contributed by atoms with Crippen LogP contribution in [0.15, 0.2) is 72.8 Å². The number of urea groups is 2. The molecule has 1 saturated heterocycles. The van der Waals surface area contributed by atoms with Crippen molar-refractivity contribution in [1.82, 2.24) is 35.4 Å². The molecule has 0 radical (unpaired) electrons. The van der Waals surface area contributed by atoms with Gasteiger partial charge in [-0.25, -0.2) is 24.3 Å². The number of hydrazine groups is 1. The predicted octanol–water partition coefficient (Wildman–Crippen LogP) is 5.38. The summed E-state index contributed by atoms with van der Waals surface area (Å²) in [4.78, 5) is 63.6. The van der Waals surface area contributed by atoms with Crippen LogP contribution in [0.4, 0.5) is 14.4 Å². The molecule has 3 N–H and O–H groups in total. The lowest BCUT2D eigenvalue weighted by Crippen LogP contribution is -2.59. The highest BCUT2D eigenvalue weighted by molar-refractivity contribution is 5.90. The molecular formula is C42H59N7O7. The highest BCUT2D eigenvalue weighted by Gasteiger charge is 2.41. The largest absolute Gasteiger partial charge is 0.497 e. The molecule has 6 amide bonds. The molecule has 14 nitrogen and oxygen atoms in total. The van der Waals surface area contributed by atoms with Crippen molar-refractivity contribution in [1.29, 1.82) is 0 Å². The zero-order valence-corrected chi connectivity index (χ0v) is 33.8. The fourth-order valence-electron chi connectivity index (χ4n) is 6.68. The number of nitrogens with one attached hydrogen (secondary N) is 2. The Labute approximate surface area is 331 Å². The fraction of sp³-hybridized carbons (Fsp3) is 0.500. The van der Waals surface area contributed by atoms with Crippen LogP contribution in [0.25, 0.3) is 0 Å². The van der Waals surface area contributed by atoms with Crippen LogP contribution in [-0.4, -0.2) is 112 Å². The maximum Gasteiger partial charge on any atom is 0.417 e. The number of pyridine rings is 1. The number of hydrogen-bond acceptors (Lipinski definition) is 9. The first kappa shape index (κ1) is 43.5. The first-order valence-electron chi connectivity index (χ1n) is 19.4. The van der Waals surface area contributed by atoms with Crippen LogP contribution in [0.1, 0.15) is 63.1 Å². The number of ether oxygens (including phenoxy) is 2. The van der Waals surface area contributed by atoms with Gasteiger partial charge in [0.15, 0.2) is 0 Å². The van der Waals surface area contributed by atoms with Crippen LogP contribution in [0, 0.1) is 18.8 Å². The molecule has 5 atom stereocenters. The van der Waals surface area contributed by atoms with Crippen molar-refractivity contribution in [2.45, 2.75) is 85.2 Å². The van der Waals surface area contributed by atoms with E-state index < -0.39 is 30.3 Å². The smallest absolute Gasteiger partial charge is 0.417 e.